The summed E-state index contributed by atoms with van der Waals surface area (Å²) < 4.78 is 76.8. The van der Waals surface area contributed by atoms with Gasteiger partial charge in [-0.1, -0.05) is 56.7 Å². The third kappa shape index (κ3) is 15.0. The molecule has 2 aromatic carbocycles. The fourth-order valence-electron chi connectivity index (χ4n) is 8.61. The number of carbonyl (C=O) groups is 3. The Morgan fingerprint density at radius 2 is 1.41 bits per heavy atom. The summed E-state index contributed by atoms with van der Waals surface area (Å²) in [6.45, 7) is 12.6. The quantitative estimate of drug-likeness (QED) is 0.0265. The van der Waals surface area contributed by atoms with Crippen LogP contribution in [0.25, 0.3) is 28.5 Å². The van der Waals surface area contributed by atoms with Crippen LogP contribution in [0.2, 0.25) is 0 Å². The Balaban J connectivity index is 1.29. The van der Waals surface area contributed by atoms with Gasteiger partial charge in [0.25, 0.3) is 21.9 Å². The Kier molecular flexibility index (Phi) is 20.6. The molecule has 1 aliphatic carbocycles. The molecule has 0 saturated carbocycles. The highest BCUT2D eigenvalue weighted by molar-refractivity contribution is 7.85. The van der Waals surface area contributed by atoms with Crippen molar-refractivity contribution in [1.29, 1.82) is 0 Å². The molecular weight excluding hydrogens is 935 g/mol. The molecule has 18 heteroatoms. The smallest absolute Gasteiger partial charge is 0.333 e. The molecule has 2 aromatic rings. The van der Waals surface area contributed by atoms with Crippen molar-refractivity contribution in [2.75, 3.05) is 105 Å². The minimum Gasteiger partial charge on any atom is -0.456 e. The van der Waals surface area contributed by atoms with Gasteiger partial charge in [0.05, 0.1) is 63.8 Å². The number of allylic oxidation sites excluding steroid dienone is 3. The van der Waals surface area contributed by atoms with Crippen LogP contribution in [-0.2, 0) is 63.2 Å². The molecule has 71 heavy (non-hydrogen) atoms. The molecule has 0 unspecified atom stereocenters. The van der Waals surface area contributed by atoms with Gasteiger partial charge in [0.15, 0.2) is 13.1 Å². The lowest BCUT2D eigenvalue weighted by molar-refractivity contribution is -0.197. The Morgan fingerprint density at radius 3 is 2.03 bits per heavy atom. The number of benzene rings is 3. The van der Waals surface area contributed by atoms with E-state index >= 15 is 0 Å². The minimum atomic E-state index is -4.48. The number of anilines is 1. The van der Waals surface area contributed by atoms with E-state index in [4.69, 9.17) is 37.7 Å². The fourth-order valence-corrected chi connectivity index (χ4v) is 9.11. The van der Waals surface area contributed by atoms with Gasteiger partial charge in [-0.2, -0.15) is 8.42 Å². The molecule has 0 radical (unpaired) electrons. The zero-order chi connectivity index (χ0) is 50.8. The number of methoxy groups -OCH3 is 2. The van der Waals surface area contributed by atoms with Gasteiger partial charge < -0.3 is 42.6 Å². The first-order valence-corrected chi connectivity index (χ1v) is 25.5. The van der Waals surface area contributed by atoms with Crippen LogP contribution in [0.3, 0.4) is 0 Å². The number of nitrogens with zero attached hydrogens (tertiary/aromatic N) is 3. The van der Waals surface area contributed by atoms with Gasteiger partial charge >= 0.3 is 5.97 Å². The van der Waals surface area contributed by atoms with Gasteiger partial charge in [-0.15, -0.1) is 5.06 Å². The maximum atomic E-state index is 12.5. The van der Waals surface area contributed by atoms with Crippen molar-refractivity contribution < 1.29 is 65.0 Å². The van der Waals surface area contributed by atoms with Gasteiger partial charge in [-0.3, -0.25) is 14.1 Å². The summed E-state index contributed by atoms with van der Waals surface area (Å²) in [4.78, 5) is 43.3. The molecule has 0 aromatic heterocycles. The van der Waals surface area contributed by atoms with E-state index in [1.54, 1.807) is 20.3 Å². The van der Waals surface area contributed by atoms with Crippen LogP contribution in [0.5, 0.6) is 0 Å². The first-order chi connectivity index (χ1) is 34.2. The highest BCUT2D eigenvalue weighted by atomic mass is 32.2. The van der Waals surface area contributed by atoms with Gasteiger partial charge in [0, 0.05) is 74.0 Å². The molecule has 1 saturated heterocycles. The normalized spacial score (nSPS) is 15.2. The van der Waals surface area contributed by atoms with E-state index in [0.717, 1.165) is 44.6 Å². The maximum Gasteiger partial charge on any atom is 0.333 e. The highest BCUT2D eigenvalue weighted by Gasteiger charge is 2.40. The number of ether oxygens (including phenoxy) is 6. The van der Waals surface area contributed by atoms with Crippen LogP contribution in [0, 0.1) is 6.92 Å². The van der Waals surface area contributed by atoms with Crippen LogP contribution in [0.15, 0.2) is 93.9 Å². The SMILES string of the molecule is COCCOCCOCC[N+](CCOCCOCCOC)=c1ccc2c(-c3ccccc3)c(C)c(/C=C/C=C3/N(CCCCCC(=O)ON4C(=O)CCC4=O)c4ccc(S(=O)(=O)O)cc4C3(C)C)oc-2c1. The van der Waals surface area contributed by atoms with Crippen LogP contribution in [0.4, 0.5) is 5.69 Å². The average molecular weight is 1000 g/mol. The van der Waals surface area contributed by atoms with E-state index in [1.807, 2.05) is 57.2 Å². The van der Waals surface area contributed by atoms with E-state index in [9.17, 15) is 27.4 Å². The number of hydrogen-bond donors (Lipinski definition) is 1. The zero-order valence-electron chi connectivity index (χ0n) is 41.5. The fraction of sp³-hybridized carbons (Fsp3) is 0.472. The van der Waals surface area contributed by atoms with Gasteiger partial charge in [0.1, 0.15) is 24.7 Å². The lowest BCUT2D eigenvalue weighted by atomic mass is 9.83. The number of hydroxylamine groups is 2. The van der Waals surface area contributed by atoms with E-state index in [2.05, 4.69) is 39.8 Å². The van der Waals surface area contributed by atoms with Crippen molar-refractivity contribution in [1.82, 2.24) is 9.64 Å². The molecule has 1 N–H and O–H groups in total. The average Bonchev–Trinajstić information content (AvgIpc) is 3.77. The molecule has 17 nitrogen and oxygen atoms in total. The summed E-state index contributed by atoms with van der Waals surface area (Å²) in [5.41, 5.74) is 5.66. The van der Waals surface area contributed by atoms with Crippen molar-refractivity contribution in [3.63, 3.8) is 0 Å². The molecule has 1 fully saturated rings. The topological polar surface area (TPSA) is 193 Å². The van der Waals surface area contributed by atoms with Crippen LogP contribution in [-0.4, -0.2) is 136 Å². The van der Waals surface area contributed by atoms with Crippen LogP contribution in [0.1, 0.15) is 69.3 Å². The van der Waals surface area contributed by atoms with Crippen molar-refractivity contribution in [2.45, 2.75) is 69.6 Å². The minimum absolute atomic E-state index is 0.0253. The Labute approximate surface area is 416 Å². The van der Waals surface area contributed by atoms with Gasteiger partial charge in [-0.25, -0.2) is 9.37 Å². The number of unbranched alkanes of at least 4 members (excludes halogenated alkanes) is 2. The molecule has 4 aliphatic rings. The predicted octanol–water partition coefficient (Wildman–Crippen LogP) is 6.60. The number of imide groups is 1. The van der Waals surface area contributed by atoms with Crippen LogP contribution < -0.4 is 14.8 Å². The first kappa shape index (κ1) is 54.8. The summed E-state index contributed by atoms with van der Waals surface area (Å²) in [6, 6.07) is 21.0. The Morgan fingerprint density at radius 1 is 0.789 bits per heavy atom. The third-order valence-corrected chi connectivity index (χ3v) is 13.2. The van der Waals surface area contributed by atoms with Gasteiger partial charge in [-0.05, 0) is 72.9 Å². The lowest BCUT2D eigenvalue weighted by Gasteiger charge is -2.27. The Bertz CT molecular complexity index is 2610. The van der Waals surface area contributed by atoms with Crippen molar-refractivity contribution in [2.24, 2.45) is 0 Å². The van der Waals surface area contributed by atoms with E-state index in [0.29, 0.717) is 122 Å². The summed E-state index contributed by atoms with van der Waals surface area (Å²) in [5.74, 6) is -0.372. The molecule has 3 aliphatic heterocycles. The Hall–Kier alpha value is -5.57. The molecule has 6 rings (SSSR count). The molecule has 2 amide bonds. The number of fused-ring (bicyclic) bond motifs is 2. The van der Waals surface area contributed by atoms with Crippen molar-refractivity contribution in [3.8, 4) is 22.5 Å². The molecule has 3 heterocycles. The maximum absolute atomic E-state index is 12.5. The molecule has 384 valence electrons. The first-order valence-electron chi connectivity index (χ1n) is 24.1. The van der Waals surface area contributed by atoms with Crippen molar-refractivity contribution >= 4 is 39.7 Å². The predicted molar refractivity (Wildman–Crippen MR) is 267 cm³/mol. The summed E-state index contributed by atoms with van der Waals surface area (Å²) in [5, 5.41) is 1.49. The third-order valence-electron chi connectivity index (χ3n) is 12.4. The zero-order valence-corrected chi connectivity index (χ0v) is 42.3. The molecule has 0 atom stereocenters. The lowest BCUT2D eigenvalue weighted by Crippen LogP contribution is -2.36. The van der Waals surface area contributed by atoms with E-state index < -0.39 is 33.3 Å². The van der Waals surface area contributed by atoms with Crippen LogP contribution >= 0.6 is 0 Å². The molecule has 0 spiro atoms. The number of hydrogen-bond acceptors (Lipinski definition) is 14. The second kappa shape index (κ2) is 26.8. The monoisotopic (exact) mass is 1000 g/mol. The second-order valence-corrected chi connectivity index (χ2v) is 19.1. The van der Waals surface area contributed by atoms with Gasteiger partial charge in [0.2, 0.25) is 5.36 Å². The van der Waals surface area contributed by atoms with Crippen molar-refractivity contribution in [3.05, 3.63) is 107 Å². The standard InChI is InChI=1S/C53H67N3O14S/c1-39-46(15-12-16-48-53(2,3)44-38-42(71(60,61)62)19-21-45(44)55(48)24-11-7-10-17-51(59)70-56-49(57)22-23-50(56)58)69-47-37-41(18-20-43(47)52(39)40-13-8-6-9-14-40)54(25-27-65-33-35-67-31-29-63-4)26-28-66-34-36-68-32-30-64-5/h6,8-9,12-16,18-21,37-38H,7,10-11,17,22-36H2,1-5H3/p+1. The van der Waals surface area contributed by atoms with E-state index in [-0.39, 0.29) is 24.2 Å². The number of rotatable bonds is 29. The molecular formula is C53H68N3O14S+. The summed E-state index contributed by atoms with van der Waals surface area (Å²) in [7, 11) is -1.20. The summed E-state index contributed by atoms with van der Waals surface area (Å²) >= 11 is 0. The highest BCUT2D eigenvalue weighted by Crippen LogP contribution is 2.49. The summed E-state index contributed by atoms with van der Waals surface area (Å²) in [6.07, 6.45) is 7.69. The molecule has 0 bridgehead atoms. The number of amides is 2. The second-order valence-electron chi connectivity index (χ2n) is 17.6. The number of carbonyl (C=O) groups excluding carboxylic acids is 3. The largest absolute Gasteiger partial charge is 0.456 e. The van der Waals surface area contributed by atoms with E-state index in [1.165, 1.54) is 12.1 Å².